The van der Waals surface area contributed by atoms with Crippen molar-refractivity contribution in [2.24, 2.45) is 4.99 Å². The zero-order valence-corrected chi connectivity index (χ0v) is 12.7. The van der Waals surface area contributed by atoms with Crippen molar-refractivity contribution in [2.45, 2.75) is 6.42 Å². The summed E-state index contributed by atoms with van der Waals surface area (Å²) >= 11 is 18.6. The fourth-order valence-corrected chi connectivity index (χ4v) is 2.95. The third-order valence-electron chi connectivity index (χ3n) is 2.97. The van der Waals surface area contributed by atoms with Gasteiger partial charge in [-0.2, -0.15) is 0 Å². The highest BCUT2D eigenvalue weighted by atomic mass is 35.5. The van der Waals surface area contributed by atoms with E-state index in [9.17, 15) is 4.39 Å². The standard InChI is InChI=1S/C14H7Cl3FN3/c15-7-2-1-3-9(18)11(7)12-8(16)6-10-14(21-13(12)17)20-5-4-19-10/h1-5H,6H2. The molecule has 1 aliphatic heterocycles. The van der Waals surface area contributed by atoms with Crippen LogP contribution >= 0.6 is 34.8 Å². The number of rotatable bonds is 1. The summed E-state index contributed by atoms with van der Waals surface area (Å²) in [7, 11) is 0. The van der Waals surface area contributed by atoms with Gasteiger partial charge in [-0.3, -0.25) is 4.98 Å². The first-order valence-electron chi connectivity index (χ1n) is 5.95. The lowest BCUT2D eigenvalue weighted by Crippen LogP contribution is -2.00. The Morgan fingerprint density at radius 1 is 1.05 bits per heavy atom. The van der Waals surface area contributed by atoms with Crippen LogP contribution in [0.4, 0.5) is 10.2 Å². The molecular formula is C14H7Cl3FN3. The van der Waals surface area contributed by atoms with Crippen LogP contribution in [0.15, 0.2) is 40.6 Å². The van der Waals surface area contributed by atoms with Crippen LogP contribution in [-0.2, 0) is 6.42 Å². The van der Waals surface area contributed by atoms with Crippen LogP contribution in [0.3, 0.4) is 0 Å². The van der Waals surface area contributed by atoms with Crippen molar-refractivity contribution in [1.82, 2.24) is 9.97 Å². The zero-order valence-electron chi connectivity index (χ0n) is 10.4. The Bertz CT molecular complexity index is 767. The second kappa shape index (κ2) is 5.72. The highest BCUT2D eigenvalue weighted by Crippen LogP contribution is 2.37. The summed E-state index contributed by atoms with van der Waals surface area (Å²) in [6.07, 6.45) is 3.29. The van der Waals surface area contributed by atoms with Gasteiger partial charge in [-0.25, -0.2) is 14.4 Å². The molecule has 0 aliphatic carbocycles. The van der Waals surface area contributed by atoms with Gasteiger partial charge in [0.2, 0.25) is 0 Å². The van der Waals surface area contributed by atoms with Crippen LogP contribution in [0.25, 0.3) is 5.57 Å². The molecule has 1 aliphatic rings. The first-order chi connectivity index (χ1) is 10.1. The van der Waals surface area contributed by atoms with Crippen molar-refractivity contribution in [2.75, 3.05) is 0 Å². The third kappa shape index (κ3) is 2.67. The lowest BCUT2D eigenvalue weighted by Gasteiger charge is -2.10. The van der Waals surface area contributed by atoms with Crippen molar-refractivity contribution in [1.29, 1.82) is 0 Å². The average Bonchev–Trinajstić information content (AvgIpc) is 2.56. The van der Waals surface area contributed by atoms with Gasteiger partial charge in [-0.05, 0) is 12.1 Å². The molecule has 106 valence electrons. The molecular weight excluding hydrogens is 336 g/mol. The Morgan fingerprint density at radius 3 is 2.57 bits per heavy atom. The smallest absolute Gasteiger partial charge is 0.175 e. The van der Waals surface area contributed by atoms with E-state index in [-0.39, 0.29) is 27.8 Å². The fourth-order valence-electron chi connectivity index (χ4n) is 2.05. The summed E-state index contributed by atoms with van der Waals surface area (Å²) in [6.45, 7) is 0. The first-order valence-corrected chi connectivity index (χ1v) is 7.09. The Labute approximate surface area is 135 Å². The van der Waals surface area contributed by atoms with Gasteiger partial charge in [0.15, 0.2) is 5.82 Å². The molecule has 0 bridgehead atoms. The Morgan fingerprint density at radius 2 is 1.81 bits per heavy atom. The molecule has 0 radical (unpaired) electrons. The van der Waals surface area contributed by atoms with Crippen molar-refractivity contribution >= 4 is 51.4 Å². The molecule has 1 aromatic heterocycles. The summed E-state index contributed by atoms with van der Waals surface area (Å²) in [4.78, 5) is 12.4. The zero-order chi connectivity index (χ0) is 15.0. The quantitative estimate of drug-likeness (QED) is 0.750. The number of hydrogen-bond donors (Lipinski definition) is 0. The number of allylic oxidation sites excluding steroid dienone is 2. The number of aliphatic imine (C=N–C) groups is 1. The molecule has 0 spiro atoms. The predicted octanol–water partition coefficient (Wildman–Crippen LogP) is 4.74. The second-order valence-corrected chi connectivity index (χ2v) is 5.50. The maximum Gasteiger partial charge on any atom is 0.175 e. The molecule has 0 atom stereocenters. The predicted molar refractivity (Wildman–Crippen MR) is 82.9 cm³/mol. The van der Waals surface area contributed by atoms with Gasteiger partial charge in [0, 0.05) is 35.0 Å². The number of aromatic nitrogens is 2. The normalized spacial score (nSPS) is 14.6. The minimum Gasteiger partial charge on any atom is -0.255 e. The van der Waals surface area contributed by atoms with Crippen molar-refractivity contribution in [3.05, 3.63) is 57.7 Å². The van der Waals surface area contributed by atoms with Gasteiger partial charge in [0.25, 0.3) is 0 Å². The number of benzene rings is 1. The van der Waals surface area contributed by atoms with E-state index in [2.05, 4.69) is 15.0 Å². The molecule has 1 aromatic carbocycles. The van der Waals surface area contributed by atoms with Crippen LogP contribution in [0.2, 0.25) is 5.02 Å². The second-order valence-electron chi connectivity index (χ2n) is 4.28. The maximum atomic E-state index is 14.1. The van der Waals surface area contributed by atoms with Gasteiger partial charge < -0.3 is 0 Å². The highest BCUT2D eigenvalue weighted by molar-refractivity contribution is 6.77. The van der Waals surface area contributed by atoms with Gasteiger partial charge in [0.1, 0.15) is 11.0 Å². The van der Waals surface area contributed by atoms with Gasteiger partial charge in [-0.15, -0.1) is 0 Å². The minimum absolute atomic E-state index is 0.0336. The Hall–Kier alpha value is -1.49. The summed E-state index contributed by atoms with van der Waals surface area (Å²) in [5, 5.41) is 0.560. The fraction of sp³-hybridized carbons (Fsp3) is 0.0714. The Kier molecular flexibility index (Phi) is 3.93. The summed E-state index contributed by atoms with van der Waals surface area (Å²) in [6, 6.07) is 4.36. The number of hydrogen-bond acceptors (Lipinski definition) is 3. The summed E-state index contributed by atoms with van der Waals surface area (Å²) in [5.74, 6) is -0.154. The molecule has 0 N–H and O–H groups in total. The van der Waals surface area contributed by atoms with Crippen LogP contribution in [0, 0.1) is 5.82 Å². The summed E-state index contributed by atoms with van der Waals surface area (Å²) < 4.78 is 14.1. The van der Waals surface area contributed by atoms with E-state index in [1.807, 2.05) is 0 Å². The van der Waals surface area contributed by atoms with E-state index in [4.69, 9.17) is 34.8 Å². The van der Waals surface area contributed by atoms with E-state index < -0.39 is 5.82 Å². The molecule has 0 fully saturated rings. The number of halogens is 4. The van der Waals surface area contributed by atoms with Crippen molar-refractivity contribution < 1.29 is 4.39 Å². The summed E-state index contributed by atoms with van der Waals surface area (Å²) in [5.41, 5.74) is 0.968. The molecule has 0 saturated heterocycles. The van der Waals surface area contributed by atoms with Crippen LogP contribution in [0.5, 0.6) is 0 Å². The minimum atomic E-state index is -0.518. The van der Waals surface area contributed by atoms with Gasteiger partial charge in [0.05, 0.1) is 10.7 Å². The van der Waals surface area contributed by atoms with Crippen LogP contribution in [0.1, 0.15) is 11.3 Å². The molecule has 3 rings (SSSR count). The molecule has 3 nitrogen and oxygen atoms in total. The average molecular weight is 343 g/mol. The monoisotopic (exact) mass is 341 g/mol. The largest absolute Gasteiger partial charge is 0.255 e. The van der Waals surface area contributed by atoms with E-state index in [0.717, 1.165) is 0 Å². The van der Waals surface area contributed by atoms with E-state index in [1.165, 1.54) is 24.5 Å². The number of fused-ring (bicyclic) bond motifs is 1. The number of nitrogens with zero attached hydrogens (tertiary/aromatic N) is 3. The van der Waals surface area contributed by atoms with Gasteiger partial charge >= 0.3 is 0 Å². The van der Waals surface area contributed by atoms with Gasteiger partial charge in [-0.1, -0.05) is 40.9 Å². The van der Waals surface area contributed by atoms with Crippen LogP contribution < -0.4 is 0 Å². The lowest BCUT2D eigenvalue weighted by atomic mass is 10.0. The molecule has 0 saturated carbocycles. The van der Waals surface area contributed by atoms with E-state index >= 15 is 0 Å². The third-order valence-corrected chi connectivity index (χ3v) is 3.88. The van der Waals surface area contributed by atoms with Crippen molar-refractivity contribution in [3.8, 4) is 0 Å². The highest BCUT2D eigenvalue weighted by Gasteiger charge is 2.24. The molecule has 2 aromatic rings. The van der Waals surface area contributed by atoms with Crippen molar-refractivity contribution in [3.63, 3.8) is 0 Å². The molecule has 0 unspecified atom stereocenters. The maximum absolute atomic E-state index is 14.1. The molecule has 2 heterocycles. The molecule has 7 heteroatoms. The molecule has 0 amide bonds. The van der Waals surface area contributed by atoms with Crippen LogP contribution in [-0.4, -0.2) is 15.1 Å². The van der Waals surface area contributed by atoms with E-state index in [1.54, 1.807) is 6.07 Å². The topological polar surface area (TPSA) is 38.1 Å². The molecule has 21 heavy (non-hydrogen) atoms. The first kappa shape index (κ1) is 14.4. The SMILES string of the molecule is Fc1cccc(Cl)c1C1=C(Cl)Cc2nccnc2N=C1Cl. The lowest BCUT2D eigenvalue weighted by molar-refractivity contribution is 0.624. The Balaban J connectivity index is 2.24. The van der Waals surface area contributed by atoms with E-state index in [0.29, 0.717) is 16.5 Å².